The molecule has 0 nitrogen and oxygen atoms in total. The predicted molar refractivity (Wildman–Crippen MR) is 98.2 cm³/mol. The second-order valence-electron chi connectivity index (χ2n) is 8.13. The lowest BCUT2D eigenvalue weighted by molar-refractivity contribution is -0.486. The van der Waals surface area contributed by atoms with Gasteiger partial charge in [-0.25, -0.2) is 4.39 Å². The topological polar surface area (TPSA) is 0 Å². The summed E-state index contributed by atoms with van der Waals surface area (Å²) in [5.74, 6) is -34.7. The fourth-order valence-electron chi connectivity index (χ4n) is 3.56. The number of halogens is 12. The van der Waals surface area contributed by atoms with Crippen LogP contribution in [0.2, 0.25) is 0 Å². The molecule has 0 bridgehead atoms. The molecule has 1 fully saturated rings. The molecule has 0 aromatic rings. The van der Waals surface area contributed by atoms with Crippen molar-refractivity contribution in [3.63, 3.8) is 0 Å². The lowest BCUT2D eigenvalue weighted by Gasteiger charge is -2.53. The van der Waals surface area contributed by atoms with Crippen molar-refractivity contribution in [2.75, 3.05) is 0 Å². The van der Waals surface area contributed by atoms with Gasteiger partial charge in [0.2, 0.25) is 0 Å². The molecule has 12 heteroatoms. The number of hydrogen-bond donors (Lipinski definition) is 0. The summed E-state index contributed by atoms with van der Waals surface area (Å²) >= 11 is 1.24. The number of unbranched alkanes of at least 4 members (excludes halogenated alkanes) is 6. The lowest BCUT2D eigenvalue weighted by Crippen LogP contribution is -2.84. The van der Waals surface area contributed by atoms with E-state index < -0.39 is 45.1 Å². The van der Waals surface area contributed by atoms with Gasteiger partial charge in [0, 0.05) is 9.84 Å². The van der Waals surface area contributed by atoms with Crippen LogP contribution in [0.15, 0.2) is 0 Å². The molecule has 1 saturated carbocycles. The van der Waals surface area contributed by atoms with Crippen LogP contribution in [-0.2, 0) is 0 Å². The molecule has 1 aliphatic rings. The first-order valence-electron chi connectivity index (χ1n) is 9.54. The van der Waals surface area contributed by atoms with E-state index in [1.165, 1.54) is 22.6 Å². The van der Waals surface area contributed by atoms with Crippen LogP contribution in [0.3, 0.4) is 0 Å². The third kappa shape index (κ3) is 4.15. The van der Waals surface area contributed by atoms with E-state index in [9.17, 15) is 48.3 Å². The minimum atomic E-state index is -7.15. The van der Waals surface area contributed by atoms with Crippen LogP contribution >= 0.6 is 22.6 Å². The molecule has 0 saturated heterocycles. The molecule has 0 aliphatic heterocycles. The molecule has 30 heavy (non-hydrogen) atoms. The first kappa shape index (κ1) is 28.0. The molecule has 0 aromatic carbocycles. The van der Waals surface area contributed by atoms with E-state index in [1.54, 1.807) is 0 Å². The number of hydrogen-bond acceptors (Lipinski definition) is 0. The van der Waals surface area contributed by atoms with Crippen molar-refractivity contribution in [2.45, 2.75) is 110 Å². The standard InChI is InChI=1S/C18H24F11I/c1-3-4-5-6-7-8-9-10-12(2,30)11-13(19)14(20,21)16(24,25)18(28,29)17(26,27)15(13,22)23/h3-11H2,1-2H3. The van der Waals surface area contributed by atoms with Gasteiger partial charge >= 0.3 is 29.6 Å². The quantitative estimate of drug-likeness (QED) is 0.106. The Hall–Kier alpha value is -0.0400. The maximum absolute atomic E-state index is 14.9. The smallest absolute Gasteiger partial charge is 0.230 e. The first-order valence-corrected chi connectivity index (χ1v) is 10.6. The highest BCUT2D eigenvalue weighted by Gasteiger charge is 3.00. The Morgan fingerprint density at radius 2 is 0.900 bits per heavy atom. The maximum atomic E-state index is 14.9. The zero-order chi connectivity index (χ0) is 23.9. The zero-order valence-electron chi connectivity index (χ0n) is 16.4. The monoisotopic (exact) mass is 576 g/mol. The molecular formula is C18H24F11I. The third-order valence-electron chi connectivity index (χ3n) is 5.49. The van der Waals surface area contributed by atoms with E-state index in [0.717, 1.165) is 32.6 Å². The summed E-state index contributed by atoms with van der Waals surface area (Å²) < 4.78 is 150. The number of alkyl halides is 12. The molecule has 0 aromatic heterocycles. The van der Waals surface area contributed by atoms with E-state index >= 15 is 0 Å². The fourth-order valence-corrected chi connectivity index (χ4v) is 4.46. The second kappa shape index (κ2) is 8.72. The summed E-state index contributed by atoms with van der Waals surface area (Å²) in [5, 5.41) is 0. The van der Waals surface area contributed by atoms with Gasteiger partial charge in [0.1, 0.15) is 0 Å². The van der Waals surface area contributed by atoms with Gasteiger partial charge in [-0.15, -0.1) is 0 Å². The molecule has 0 spiro atoms. The van der Waals surface area contributed by atoms with Crippen LogP contribution < -0.4 is 0 Å². The van der Waals surface area contributed by atoms with Crippen LogP contribution in [0.1, 0.15) is 71.6 Å². The van der Waals surface area contributed by atoms with E-state index in [0.29, 0.717) is 12.8 Å². The van der Waals surface area contributed by atoms with Crippen molar-refractivity contribution in [1.29, 1.82) is 0 Å². The average molecular weight is 576 g/mol. The predicted octanol–water partition coefficient (Wildman–Crippen LogP) is 8.61. The van der Waals surface area contributed by atoms with Gasteiger partial charge in [0.05, 0.1) is 0 Å². The molecular weight excluding hydrogens is 552 g/mol. The SMILES string of the molecule is CCCCCCCCCC(C)(I)CC1(F)C(F)(F)C(F)(F)C(F)(F)C(F)(F)C1(F)F. The van der Waals surface area contributed by atoms with Crippen LogP contribution in [0.4, 0.5) is 48.3 Å². The molecule has 1 aliphatic carbocycles. The Labute approximate surface area is 181 Å². The second-order valence-corrected chi connectivity index (χ2v) is 10.7. The maximum Gasteiger partial charge on any atom is 0.384 e. The van der Waals surface area contributed by atoms with Crippen molar-refractivity contribution in [1.82, 2.24) is 0 Å². The highest BCUT2D eigenvalue weighted by molar-refractivity contribution is 14.1. The summed E-state index contributed by atoms with van der Waals surface area (Å²) in [5.41, 5.74) is -5.88. The largest absolute Gasteiger partial charge is 0.384 e. The van der Waals surface area contributed by atoms with E-state index in [4.69, 9.17) is 0 Å². The molecule has 180 valence electrons. The molecule has 0 heterocycles. The van der Waals surface area contributed by atoms with E-state index in [-0.39, 0.29) is 12.8 Å². The summed E-state index contributed by atoms with van der Waals surface area (Å²) in [6.45, 7) is 2.95. The van der Waals surface area contributed by atoms with Crippen LogP contribution in [0.5, 0.6) is 0 Å². The van der Waals surface area contributed by atoms with Crippen LogP contribution in [-0.4, -0.2) is 38.7 Å². The van der Waals surface area contributed by atoms with Gasteiger partial charge in [-0.1, -0.05) is 81.4 Å². The summed E-state index contributed by atoms with van der Waals surface area (Å²) in [6, 6.07) is 0. The minimum Gasteiger partial charge on any atom is -0.230 e. The van der Waals surface area contributed by atoms with Crippen molar-refractivity contribution in [3.8, 4) is 0 Å². The van der Waals surface area contributed by atoms with Gasteiger partial charge in [-0.2, -0.15) is 43.9 Å². The fraction of sp³-hybridized carbons (Fsp3) is 1.00. The van der Waals surface area contributed by atoms with Crippen LogP contribution in [0, 0.1) is 0 Å². The zero-order valence-corrected chi connectivity index (χ0v) is 18.6. The van der Waals surface area contributed by atoms with E-state index in [2.05, 4.69) is 0 Å². The first-order chi connectivity index (χ1) is 13.3. The Balaban J connectivity index is 3.09. The van der Waals surface area contributed by atoms with Gasteiger partial charge in [0.25, 0.3) is 5.67 Å². The molecule has 1 atom stereocenters. The molecule has 1 unspecified atom stereocenters. The minimum absolute atomic E-state index is 0.210. The molecule has 1 rings (SSSR count). The normalized spacial score (nSPS) is 27.4. The molecule has 0 N–H and O–H groups in total. The van der Waals surface area contributed by atoms with E-state index in [1.807, 2.05) is 6.92 Å². The van der Waals surface area contributed by atoms with Crippen LogP contribution in [0.25, 0.3) is 0 Å². The Kier molecular flexibility index (Phi) is 8.13. The van der Waals surface area contributed by atoms with Crippen molar-refractivity contribution >= 4 is 22.6 Å². The third-order valence-corrected chi connectivity index (χ3v) is 6.41. The highest BCUT2D eigenvalue weighted by Crippen LogP contribution is 2.71. The Morgan fingerprint density at radius 1 is 0.567 bits per heavy atom. The summed E-state index contributed by atoms with van der Waals surface area (Å²) in [7, 11) is 0. The molecule has 0 amide bonds. The Morgan fingerprint density at radius 3 is 1.30 bits per heavy atom. The van der Waals surface area contributed by atoms with Crippen molar-refractivity contribution in [3.05, 3.63) is 0 Å². The van der Waals surface area contributed by atoms with Crippen molar-refractivity contribution in [2.24, 2.45) is 0 Å². The van der Waals surface area contributed by atoms with Gasteiger partial charge < -0.3 is 0 Å². The van der Waals surface area contributed by atoms with Gasteiger partial charge in [0.15, 0.2) is 0 Å². The lowest BCUT2D eigenvalue weighted by atomic mass is 9.68. The Bertz CT molecular complexity index is 557. The number of rotatable bonds is 10. The average Bonchev–Trinajstić information content (AvgIpc) is 2.58. The van der Waals surface area contributed by atoms with Gasteiger partial charge in [-0.3, -0.25) is 0 Å². The summed E-state index contributed by atoms with van der Waals surface area (Å²) in [4.78, 5) is 0. The van der Waals surface area contributed by atoms with Gasteiger partial charge in [-0.05, 0) is 6.42 Å². The van der Waals surface area contributed by atoms with Crippen molar-refractivity contribution < 1.29 is 48.3 Å². The molecule has 0 radical (unpaired) electrons. The summed E-state index contributed by atoms with van der Waals surface area (Å²) in [6.07, 6.45) is 2.77. The highest BCUT2D eigenvalue weighted by atomic mass is 127.